The first-order chi connectivity index (χ1) is 14.9. The van der Waals surface area contributed by atoms with Gasteiger partial charge in [0, 0.05) is 22.6 Å². The molecule has 0 bridgehead atoms. The highest BCUT2D eigenvalue weighted by Gasteiger charge is 2.19. The highest BCUT2D eigenvalue weighted by atomic mass is 32.1. The zero-order chi connectivity index (χ0) is 22.1. The fourth-order valence-electron chi connectivity index (χ4n) is 3.62. The number of hydrogen-bond acceptors (Lipinski definition) is 6. The summed E-state index contributed by atoms with van der Waals surface area (Å²) in [4.78, 5) is 30.4. The van der Waals surface area contributed by atoms with E-state index in [9.17, 15) is 14.9 Å². The third-order valence-electron chi connectivity index (χ3n) is 5.12. The van der Waals surface area contributed by atoms with E-state index < -0.39 is 4.92 Å². The Morgan fingerprint density at radius 3 is 2.39 bits per heavy atom. The van der Waals surface area contributed by atoms with Crippen LogP contribution in [0.5, 0.6) is 5.75 Å². The summed E-state index contributed by atoms with van der Waals surface area (Å²) in [6, 6.07) is 13.9. The van der Waals surface area contributed by atoms with E-state index in [0.717, 1.165) is 27.3 Å². The second-order valence-electron chi connectivity index (χ2n) is 7.14. The summed E-state index contributed by atoms with van der Waals surface area (Å²) in [6.07, 6.45) is 0. The average molecular weight is 436 g/mol. The molecule has 0 atom stereocenters. The summed E-state index contributed by atoms with van der Waals surface area (Å²) in [5.74, 6) is 1.39. The van der Waals surface area contributed by atoms with Crippen LogP contribution < -0.4 is 10.3 Å². The van der Waals surface area contributed by atoms with Crippen LogP contribution in [-0.4, -0.2) is 21.1 Å². The second-order valence-corrected chi connectivity index (χ2v) is 8.35. The van der Waals surface area contributed by atoms with Gasteiger partial charge < -0.3 is 4.74 Å². The molecule has 0 spiro atoms. The zero-order valence-electron chi connectivity index (χ0n) is 17.4. The summed E-state index contributed by atoms with van der Waals surface area (Å²) in [7, 11) is 0. The molecule has 8 heteroatoms. The van der Waals surface area contributed by atoms with Crippen molar-refractivity contribution in [3.8, 4) is 16.9 Å². The quantitative estimate of drug-likeness (QED) is 0.311. The van der Waals surface area contributed by atoms with E-state index in [1.165, 1.54) is 23.5 Å². The number of aryl methyl sites for hydroxylation is 2. The van der Waals surface area contributed by atoms with Gasteiger partial charge in [-0.1, -0.05) is 24.3 Å². The first-order valence-electron chi connectivity index (χ1n) is 9.86. The van der Waals surface area contributed by atoms with E-state index in [2.05, 4.69) is 4.98 Å². The molecule has 158 valence electrons. The molecule has 0 N–H and O–H groups in total. The van der Waals surface area contributed by atoms with Gasteiger partial charge in [0.15, 0.2) is 0 Å². The summed E-state index contributed by atoms with van der Waals surface area (Å²) in [6.45, 7) is 6.62. The molecule has 4 rings (SSSR count). The van der Waals surface area contributed by atoms with Crippen molar-refractivity contribution in [3.05, 3.63) is 85.3 Å². The number of nitro benzene ring substituents is 1. The number of nitrogens with zero attached hydrogens (tertiary/aromatic N) is 3. The molecule has 0 amide bonds. The van der Waals surface area contributed by atoms with E-state index in [4.69, 9.17) is 4.74 Å². The van der Waals surface area contributed by atoms with Crippen molar-refractivity contribution in [1.82, 2.24) is 9.55 Å². The lowest BCUT2D eigenvalue weighted by molar-refractivity contribution is -0.384. The molecule has 4 aromatic rings. The molecule has 7 nitrogen and oxygen atoms in total. The summed E-state index contributed by atoms with van der Waals surface area (Å²) >= 11 is 1.51. The van der Waals surface area contributed by atoms with Gasteiger partial charge in [-0.15, -0.1) is 11.3 Å². The zero-order valence-corrected chi connectivity index (χ0v) is 18.2. The number of non-ortho nitro benzene ring substituents is 1. The minimum atomic E-state index is -0.438. The Kier molecular flexibility index (Phi) is 5.56. The van der Waals surface area contributed by atoms with Gasteiger partial charge in [0.1, 0.15) is 16.4 Å². The van der Waals surface area contributed by atoms with Gasteiger partial charge in [-0.2, -0.15) is 0 Å². The predicted molar refractivity (Wildman–Crippen MR) is 122 cm³/mol. The average Bonchev–Trinajstić information content (AvgIpc) is 3.08. The number of hydrogen-bond donors (Lipinski definition) is 0. The predicted octanol–water partition coefficient (Wildman–Crippen LogP) is 5.10. The standard InChI is InChI=1S/C23H21N3O4S/c1-4-30-19-11-7-17(8-12-19)20-14(2)31-22-21(20)23(27)25(15(3)24-22)13-16-5-9-18(10-6-16)26(28)29/h5-12H,4,13H2,1-3H3. The lowest BCUT2D eigenvalue weighted by Crippen LogP contribution is -2.24. The number of benzene rings is 2. The van der Waals surface area contributed by atoms with E-state index in [-0.39, 0.29) is 11.2 Å². The molecule has 2 heterocycles. The number of fused-ring (bicyclic) bond motifs is 1. The van der Waals surface area contributed by atoms with Crippen molar-refractivity contribution >= 4 is 27.2 Å². The third-order valence-corrected chi connectivity index (χ3v) is 6.12. The Morgan fingerprint density at radius 2 is 1.77 bits per heavy atom. The van der Waals surface area contributed by atoms with E-state index >= 15 is 0 Å². The monoisotopic (exact) mass is 435 g/mol. The molecule has 0 aliphatic rings. The van der Waals surface area contributed by atoms with Crippen LogP contribution in [0, 0.1) is 24.0 Å². The van der Waals surface area contributed by atoms with Crippen molar-refractivity contribution in [2.45, 2.75) is 27.3 Å². The van der Waals surface area contributed by atoms with Crippen LogP contribution in [0.3, 0.4) is 0 Å². The van der Waals surface area contributed by atoms with E-state index in [0.29, 0.717) is 29.2 Å². The molecule has 0 aliphatic carbocycles. The molecule has 31 heavy (non-hydrogen) atoms. The molecule has 0 saturated heterocycles. The normalized spacial score (nSPS) is 11.1. The van der Waals surface area contributed by atoms with Gasteiger partial charge in [0.25, 0.3) is 11.2 Å². The minimum absolute atomic E-state index is 0.0210. The fraction of sp³-hybridized carbons (Fsp3) is 0.217. The van der Waals surface area contributed by atoms with Crippen molar-refractivity contribution in [2.24, 2.45) is 0 Å². The second kappa shape index (κ2) is 8.31. The highest BCUT2D eigenvalue weighted by molar-refractivity contribution is 7.19. The van der Waals surface area contributed by atoms with E-state index in [1.807, 2.05) is 38.1 Å². The van der Waals surface area contributed by atoms with Gasteiger partial charge >= 0.3 is 0 Å². The van der Waals surface area contributed by atoms with Crippen molar-refractivity contribution < 1.29 is 9.66 Å². The van der Waals surface area contributed by atoms with Crippen LogP contribution >= 0.6 is 11.3 Å². The largest absolute Gasteiger partial charge is 0.494 e. The lowest BCUT2D eigenvalue weighted by atomic mass is 10.0. The molecule has 0 unspecified atom stereocenters. The SMILES string of the molecule is CCOc1ccc(-c2c(C)sc3nc(C)n(Cc4ccc([N+](=O)[O-])cc4)c(=O)c23)cc1. The van der Waals surface area contributed by atoms with Crippen LogP contribution in [0.1, 0.15) is 23.2 Å². The minimum Gasteiger partial charge on any atom is -0.494 e. The molecule has 0 saturated carbocycles. The van der Waals surface area contributed by atoms with Gasteiger partial charge in [0.2, 0.25) is 0 Å². The van der Waals surface area contributed by atoms with Crippen LogP contribution in [0.25, 0.3) is 21.3 Å². The lowest BCUT2D eigenvalue weighted by Gasteiger charge is -2.11. The van der Waals surface area contributed by atoms with Crippen LogP contribution in [0.4, 0.5) is 5.69 Å². The summed E-state index contributed by atoms with van der Waals surface area (Å²) < 4.78 is 7.15. The Hall–Kier alpha value is -3.52. The maximum Gasteiger partial charge on any atom is 0.269 e. The molecule has 0 radical (unpaired) electrons. The maximum absolute atomic E-state index is 13.5. The summed E-state index contributed by atoms with van der Waals surface area (Å²) in [5.41, 5.74) is 2.53. The van der Waals surface area contributed by atoms with Gasteiger partial charge in [-0.3, -0.25) is 19.5 Å². The first-order valence-corrected chi connectivity index (χ1v) is 10.7. The van der Waals surface area contributed by atoms with Crippen molar-refractivity contribution in [3.63, 3.8) is 0 Å². The Bertz CT molecular complexity index is 1320. The number of thiophene rings is 1. The van der Waals surface area contributed by atoms with Crippen LogP contribution in [0.2, 0.25) is 0 Å². The maximum atomic E-state index is 13.5. The Balaban J connectivity index is 1.80. The molecule has 0 fully saturated rings. The third kappa shape index (κ3) is 3.94. The highest BCUT2D eigenvalue weighted by Crippen LogP contribution is 2.36. The Labute approximate surface area is 182 Å². The van der Waals surface area contributed by atoms with Gasteiger partial charge in [-0.05, 0) is 44.0 Å². The number of aromatic nitrogens is 2. The Morgan fingerprint density at radius 1 is 1.10 bits per heavy atom. The molecule has 2 aromatic carbocycles. The smallest absolute Gasteiger partial charge is 0.269 e. The summed E-state index contributed by atoms with van der Waals surface area (Å²) in [5, 5.41) is 11.5. The molecular weight excluding hydrogens is 414 g/mol. The number of rotatable bonds is 6. The van der Waals surface area contributed by atoms with Gasteiger partial charge in [0.05, 0.1) is 23.5 Å². The van der Waals surface area contributed by atoms with E-state index in [1.54, 1.807) is 23.6 Å². The molecule has 0 aliphatic heterocycles. The molecular formula is C23H21N3O4S. The van der Waals surface area contributed by atoms with Crippen molar-refractivity contribution in [1.29, 1.82) is 0 Å². The first kappa shape index (κ1) is 20.7. The molecule has 2 aromatic heterocycles. The number of ether oxygens (including phenoxy) is 1. The van der Waals surface area contributed by atoms with Gasteiger partial charge in [-0.25, -0.2) is 4.98 Å². The topological polar surface area (TPSA) is 87.3 Å². The van der Waals surface area contributed by atoms with Crippen LogP contribution in [-0.2, 0) is 6.54 Å². The number of nitro groups is 1. The van der Waals surface area contributed by atoms with Crippen LogP contribution in [0.15, 0.2) is 53.3 Å². The fourth-order valence-corrected chi connectivity index (χ4v) is 4.70. The van der Waals surface area contributed by atoms with Crippen molar-refractivity contribution in [2.75, 3.05) is 6.61 Å².